The summed E-state index contributed by atoms with van der Waals surface area (Å²) in [5.41, 5.74) is 8.00. The molecule has 4 heterocycles. The first-order chi connectivity index (χ1) is 18.8. The molecular formula is C31H23N5O2. The Bertz CT molecular complexity index is 1820. The first kappa shape index (κ1) is 21.1. The van der Waals surface area contributed by atoms with Gasteiger partial charge in [0.15, 0.2) is 11.5 Å². The Morgan fingerprint density at radius 1 is 0.789 bits per heavy atom. The van der Waals surface area contributed by atoms with E-state index in [4.69, 9.17) is 19.6 Å². The molecular weight excluding hydrogens is 474 g/mol. The standard InChI is InChI=1S/C31H23N5O2/c1-2-8-21(9-3-1)35-19-23(29(34-35)20-14-15-27-28(18-20)38-17-16-37-27)31-32-24-11-5-4-10-22(24)30-33-25-12-6-7-13-26(25)36(30)31/h1-15,18-19,31-32H,16-17H2/t31-/m1/s1. The minimum absolute atomic E-state index is 0.229. The molecule has 0 aliphatic carbocycles. The molecule has 7 heteroatoms. The maximum absolute atomic E-state index is 5.92. The Hall–Kier alpha value is -5.04. The molecule has 0 saturated heterocycles. The monoisotopic (exact) mass is 497 g/mol. The van der Waals surface area contributed by atoms with Crippen molar-refractivity contribution < 1.29 is 9.47 Å². The summed E-state index contributed by atoms with van der Waals surface area (Å²) in [7, 11) is 0. The number of para-hydroxylation sites is 4. The van der Waals surface area contributed by atoms with Crippen LogP contribution in [0.25, 0.3) is 39.4 Å². The van der Waals surface area contributed by atoms with Crippen LogP contribution in [0.4, 0.5) is 5.69 Å². The van der Waals surface area contributed by atoms with Gasteiger partial charge in [-0.15, -0.1) is 0 Å². The van der Waals surface area contributed by atoms with E-state index in [2.05, 4.69) is 76.7 Å². The number of imidazole rings is 1. The molecule has 2 aliphatic heterocycles. The van der Waals surface area contributed by atoms with Gasteiger partial charge in [0.25, 0.3) is 0 Å². The summed E-state index contributed by atoms with van der Waals surface area (Å²) in [6.07, 6.45) is 1.89. The molecule has 2 aromatic heterocycles. The van der Waals surface area contributed by atoms with Crippen LogP contribution >= 0.6 is 0 Å². The van der Waals surface area contributed by atoms with Crippen molar-refractivity contribution in [3.63, 3.8) is 0 Å². The Balaban J connectivity index is 1.37. The van der Waals surface area contributed by atoms with Gasteiger partial charge in [-0.25, -0.2) is 9.67 Å². The summed E-state index contributed by atoms with van der Waals surface area (Å²) in [4.78, 5) is 5.05. The van der Waals surface area contributed by atoms with E-state index in [1.165, 1.54) is 0 Å². The number of nitrogens with one attached hydrogen (secondary N) is 1. The van der Waals surface area contributed by atoms with Gasteiger partial charge in [0.2, 0.25) is 0 Å². The van der Waals surface area contributed by atoms with Crippen molar-refractivity contribution in [3.8, 4) is 39.8 Å². The molecule has 184 valence electrons. The molecule has 0 saturated carbocycles. The smallest absolute Gasteiger partial charge is 0.162 e. The second-order valence-electron chi connectivity index (χ2n) is 9.46. The van der Waals surface area contributed by atoms with E-state index in [-0.39, 0.29) is 6.17 Å². The summed E-state index contributed by atoms with van der Waals surface area (Å²) in [5.74, 6) is 2.44. The number of hydrogen-bond acceptors (Lipinski definition) is 5. The third-order valence-corrected chi connectivity index (χ3v) is 7.19. The van der Waals surface area contributed by atoms with Crippen LogP contribution in [0.5, 0.6) is 11.5 Å². The highest BCUT2D eigenvalue weighted by Gasteiger charge is 2.32. The van der Waals surface area contributed by atoms with Gasteiger partial charge in [-0.3, -0.25) is 4.57 Å². The Kier molecular flexibility index (Phi) is 4.57. The van der Waals surface area contributed by atoms with E-state index in [1.807, 2.05) is 41.1 Å². The lowest BCUT2D eigenvalue weighted by Gasteiger charge is -2.30. The summed E-state index contributed by atoms with van der Waals surface area (Å²) >= 11 is 0. The molecule has 8 rings (SSSR count). The van der Waals surface area contributed by atoms with Crippen molar-refractivity contribution >= 4 is 16.7 Å². The Morgan fingerprint density at radius 2 is 1.58 bits per heavy atom. The zero-order chi connectivity index (χ0) is 25.1. The van der Waals surface area contributed by atoms with Crippen molar-refractivity contribution in [3.05, 3.63) is 109 Å². The molecule has 0 spiro atoms. The Labute approximate surface area is 218 Å². The maximum Gasteiger partial charge on any atom is 0.162 e. The zero-order valence-corrected chi connectivity index (χ0v) is 20.4. The molecule has 0 amide bonds. The van der Waals surface area contributed by atoms with Crippen LogP contribution in [0.15, 0.2) is 103 Å². The lowest BCUT2D eigenvalue weighted by atomic mass is 10.0. The van der Waals surface area contributed by atoms with Crippen molar-refractivity contribution in [2.24, 2.45) is 0 Å². The molecule has 1 N–H and O–H groups in total. The molecule has 6 aromatic rings. The minimum atomic E-state index is -0.229. The number of aromatic nitrogens is 4. The van der Waals surface area contributed by atoms with Crippen LogP contribution in [0.3, 0.4) is 0 Å². The van der Waals surface area contributed by atoms with Crippen molar-refractivity contribution in [2.75, 3.05) is 18.5 Å². The average Bonchev–Trinajstić information content (AvgIpc) is 3.60. The quantitative estimate of drug-likeness (QED) is 0.311. The van der Waals surface area contributed by atoms with Crippen LogP contribution in [0.1, 0.15) is 11.7 Å². The van der Waals surface area contributed by atoms with E-state index >= 15 is 0 Å². The topological polar surface area (TPSA) is 66.1 Å². The summed E-state index contributed by atoms with van der Waals surface area (Å²) < 4.78 is 15.9. The zero-order valence-electron chi connectivity index (χ0n) is 20.4. The molecule has 2 aliphatic rings. The first-order valence-electron chi connectivity index (χ1n) is 12.7. The van der Waals surface area contributed by atoms with E-state index in [9.17, 15) is 0 Å². The molecule has 0 radical (unpaired) electrons. The van der Waals surface area contributed by atoms with Crippen LogP contribution in [-0.4, -0.2) is 32.5 Å². The van der Waals surface area contributed by atoms with Gasteiger partial charge >= 0.3 is 0 Å². The van der Waals surface area contributed by atoms with Gasteiger partial charge in [0.05, 0.1) is 16.7 Å². The van der Waals surface area contributed by atoms with Gasteiger partial charge in [-0.2, -0.15) is 5.10 Å². The van der Waals surface area contributed by atoms with Crippen molar-refractivity contribution in [2.45, 2.75) is 6.17 Å². The number of anilines is 1. The van der Waals surface area contributed by atoms with E-state index in [0.29, 0.717) is 13.2 Å². The Morgan fingerprint density at radius 3 is 2.50 bits per heavy atom. The van der Waals surface area contributed by atoms with Crippen LogP contribution < -0.4 is 14.8 Å². The van der Waals surface area contributed by atoms with Crippen LogP contribution in [-0.2, 0) is 0 Å². The predicted octanol–water partition coefficient (Wildman–Crippen LogP) is 6.30. The summed E-state index contributed by atoms with van der Waals surface area (Å²) in [5, 5.41) is 8.91. The van der Waals surface area contributed by atoms with E-state index in [1.54, 1.807) is 0 Å². The molecule has 1 atom stereocenters. The minimum Gasteiger partial charge on any atom is -0.486 e. The van der Waals surface area contributed by atoms with Gasteiger partial charge in [0.1, 0.15) is 30.9 Å². The van der Waals surface area contributed by atoms with E-state index in [0.717, 1.165) is 62.1 Å². The van der Waals surface area contributed by atoms with Crippen LogP contribution in [0, 0.1) is 0 Å². The second-order valence-corrected chi connectivity index (χ2v) is 9.46. The summed E-state index contributed by atoms with van der Waals surface area (Å²) in [6.45, 7) is 1.09. The van der Waals surface area contributed by atoms with Crippen molar-refractivity contribution in [1.82, 2.24) is 19.3 Å². The number of benzene rings is 4. The largest absolute Gasteiger partial charge is 0.486 e. The van der Waals surface area contributed by atoms with Gasteiger partial charge in [0, 0.05) is 28.6 Å². The lowest BCUT2D eigenvalue weighted by Crippen LogP contribution is -2.25. The number of nitrogens with zero attached hydrogens (tertiary/aromatic N) is 4. The summed E-state index contributed by atoms with van der Waals surface area (Å²) in [6, 6.07) is 32.8. The molecule has 0 bridgehead atoms. The number of rotatable bonds is 3. The fraction of sp³-hybridized carbons (Fsp3) is 0.0968. The maximum atomic E-state index is 5.92. The third kappa shape index (κ3) is 3.22. The average molecular weight is 498 g/mol. The molecule has 0 fully saturated rings. The fourth-order valence-electron chi connectivity index (χ4n) is 5.44. The van der Waals surface area contributed by atoms with Crippen molar-refractivity contribution in [1.29, 1.82) is 0 Å². The first-order valence-corrected chi connectivity index (χ1v) is 12.7. The highest BCUT2D eigenvalue weighted by Crippen LogP contribution is 2.43. The molecule has 4 aromatic carbocycles. The lowest BCUT2D eigenvalue weighted by molar-refractivity contribution is 0.171. The van der Waals surface area contributed by atoms with Gasteiger partial charge in [-0.05, 0) is 54.6 Å². The predicted molar refractivity (Wildman–Crippen MR) is 147 cm³/mol. The highest BCUT2D eigenvalue weighted by atomic mass is 16.6. The van der Waals surface area contributed by atoms with Crippen LogP contribution in [0.2, 0.25) is 0 Å². The molecule has 38 heavy (non-hydrogen) atoms. The fourth-order valence-corrected chi connectivity index (χ4v) is 5.44. The SMILES string of the molecule is c1ccc(-n2cc([C@@H]3Nc4ccccc4-c4nc5ccccc5n43)c(-c3ccc4c(c3)OCCO4)n2)cc1. The van der Waals surface area contributed by atoms with Gasteiger partial charge < -0.3 is 14.8 Å². The molecule has 0 unspecified atom stereocenters. The normalized spacial score (nSPS) is 15.5. The number of fused-ring (bicyclic) bond motifs is 6. The highest BCUT2D eigenvalue weighted by molar-refractivity contribution is 5.87. The third-order valence-electron chi connectivity index (χ3n) is 7.19. The second kappa shape index (κ2) is 8.24. The van der Waals surface area contributed by atoms with E-state index < -0.39 is 0 Å². The molecule has 7 nitrogen and oxygen atoms in total. The number of hydrogen-bond donors (Lipinski definition) is 1. The number of ether oxygens (including phenoxy) is 2. The van der Waals surface area contributed by atoms with Gasteiger partial charge in [-0.1, -0.05) is 42.5 Å².